The van der Waals surface area contributed by atoms with Gasteiger partial charge in [-0.15, -0.1) is 0 Å². The highest BCUT2D eigenvalue weighted by Gasteiger charge is 1.65. The third-order valence-corrected chi connectivity index (χ3v) is 0.690. The van der Waals surface area contributed by atoms with E-state index in [-0.39, 0.29) is 0 Å². The zero-order valence-electron chi connectivity index (χ0n) is 6.65. The molecule has 0 atom stereocenters. The number of hydrogen-bond donors (Lipinski definition) is 0. The van der Waals surface area contributed by atoms with Crippen molar-refractivity contribution in [3.63, 3.8) is 0 Å². The van der Waals surface area contributed by atoms with E-state index in [4.69, 9.17) is 0 Å². The average molecular weight is 184 g/mol. The predicted molar refractivity (Wildman–Crippen MR) is 42.2 cm³/mol. The van der Waals surface area contributed by atoms with Gasteiger partial charge < -0.3 is 0 Å². The van der Waals surface area contributed by atoms with Gasteiger partial charge in [-0.05, 0) is 0 Å². The maximum Gasteiger partial charge on any atom is 0.108 e. The lowest BCUT2D eigenvalue weighted by Crippen LogP contribution is -1.62. The van der Waals surface area contributed by atoms with Crippen molar-refractivity contribution in [3.8, 4) is 0 Å². The molecule has 0 aromatic rings. The molecule has 0 aliphatic carbocycles. The lowest BCUT2D eigenvalue weighted by Gasteiger charge is -1.68. The summed E-state index contributed by atoms with van der Waals surface area (Å²) < 4.78 is 43.7. The summed E-state index contributed by atoms with van der Waals surface area (Å²) in [6.07, 6.45) is 4.56. The Balaban J connectivity index is 0. The van der Waals surface area contributed by atoms with Gasteiger partial charge in [0.2, 0.25) is 0 Å². The van der Waals surface area contributed by atoms with Crippen LogP contribution in [-0.4, -0.2) is 26.7 Å². The maximum absolute atomic E-state index is 10.9. The first-order chi connectivity index (χ1) is 5.83. The van der Waals surface area contributed by atoms with Crippen LogP contribution in [-0.2, 0) is 0 Å². The highest BCUT2D eigenvalue weighted by molar-refractivity contribution is 4.79. The molecule has 0 amide bonds. The molecule has 0 heterocycles. The minimum absolute atomic E-state index is 0.566. The molecule has 0 nitrogen and oxygen atoms in total. The van der Waals surface area contributed by atoms with E-state index in [1.165, 1.54) is 0 Å². The van der Waals surface area contributed by atoms with Crippen molar-refractivity contribution in [2.75, 3.05) is 26.7 Å². The highest BCUT2D eigenvalue weighted by atomic mass is 19.1. The van der Waals surface area contributed by atoms with Gasteiger partial charge in [-0.2, -0.15) is 0 Å². The molecule has 0 spiro atoms. The number of alkyl halides is 4. The Morgan fingerprint density at radius 3 is 0.750 bits per heavy atom. The van der Waals surface area contributed by atoms with E-state index in [1.54, 1.807) is 0 Å². The van der Waals surface area contributed by atoms with Gasteiger partial charge in [0.1, 0.15) is 26.7 Å². The van der Waals surface area contributed by atoms with Crippen LogP contribution >= 0.6 is 0 Å². The Morgan fingerprint density at radius 2 is 0.667 bits per heavy atom. The molecule has 0 aromatic carbocycles. The van der Waals surface area contributed by atoms with Crippen LogP contribution in [0.1, 0.15) is 0 Å². The smallest absolute Gasteiger partial charge is 0.108 e. The van der Waals surface area contributed by atoms with E-state index in [0.29, 0.717) is 0 Å². The Hall–Kier alpha value is -0.800. The van der Waals surface area contributed by atoms with Crippen molar-refractivity contribution >= 4 is 0 Å². The Labute approximate surface area is 69.6 Å². The highest BCUT2D eigenvalue weighted by Crippen LogP contribution is 1.73. The second-order valence-corrected chi connectivity index (χ2v) is 1.56. The SMILES string of the molecule is FCC=CCF.FCC=CCF. The molecule has 0 aliphatic heterocycles. The fourth-order valence-corrected chi connectivity index (χ4v) is 0.252. The fourth-order valence-electron chi connectivity index (χ4n) is 0.252. The number of rotatable bonds is 4. The first-order valence-electron chi connectivity index (χ1n) is 3.37. The lowest BCUT2D eigenvalue weighted by molar-refractivity contribution is 0.543. The molecule has 0 unspecified atom stereocenters. The van der Waals surface area contributed by atoms with Gasteiger partial charge in [-0.3, -0.25) is 0 Å². The van der Waals surface area contributed by atoms with Gasteiger partial charge in [0.05, 0.1) is 0 Å². The normalized spacial score (nSPS) is 10.3. The molecule has 0 aliphatic rings. The van der Waals surface area contributed by atoms with Gasteiger partial charge in [0, 0.05) is 0 Å². The zero-order chi connectivity index (χ0) is 9.66. The first-order valence-corrected chi connectivity index (χ1v) is 3.37. The molecule has 72 valence electrons. The van der Waals surface area contributed by atoms with Crippen molar-refractivity contribution in [1.29, 1.82) is 0 Å². The van der Waals surface area contributed by atoms with Crippen LogP contribution < -0.4 is 0 Å². The summed E-state index contributed by atoms with van der Waals surface area (Å²) in [6, 6.07) is 0. The summed E-state index contributed by atoms with van der Waals surface area (Å²) in [4.78, 5) is 0. The summed E-state index contributed by atoms with van der Waals surface area (Å²) in [5.74, 6) is 0. The summed E-state index contributed by atoms with van der Waals surface area (Å²) in [7, 11) is 0. The summed E-state index contributed by atoms with van der Waals surface area (Å²) in [5.41, 5.74) is 0. The van der Waals surface area contributed by atoms with Crippen LogP contribution in [0.3, 0.4) is 0 Å². The van der Waals surface area contributed by atoms with Crippen LogP contribution in [0.5, 0.6) is 0 Å². The molecule has 0 fully saturated rings. The molecule has 0 saturated carbocycles. The zero-order valence-corrected chi connectivity index (χ0v) is 6.65. The Bertz CT molecular complexity index is 83.6. The van der Waals surface area contributed by atoms with Gasteiger partial charge in [-0.25, -0.2) is 17.6 Å². The third kappa shape index (κ3) is 22.9. The third-order valence-electron chi connectivity index (χ3n) is 0.690. The summed E-state index contributed by atoms with van der Waals surface area (Å²) in [5, 5.41) is 0. The van der Waals surface area contributed by atoms with Crippen LogP contribution in [0.25, 0.3) is 0 Å². The van der Waals surface area contributed by atoms with Crippen LogP contribution in [0.2, 0.25) is 0 Å². The molecule has 4 heteroatoms. The lowest BCUT2D eigenvalue weighted by atomic mass is 10.6. The summed E-state index contributed by atoms with van der Waals surface area (Å²) in [6.45, 7) is -2.26. The molecule has 0 radical (unpaired) electrons. The molecule has 0 aromatic heterocycles. The minimum Gasteiger partial charge on any atom is -0.247 e. The van der Waals surface area contributed by atoms with Crippen LogP contribution in [0, 0.1) is 0 Å². The summed E-state index contributed by atoms with van der Waals surface area (Å²) >= 11 is 0. The van der Waals surface area contributed by atoms with E-state index >= 15 is 0 Å². The monoisotopic (exact) mass is 184 g/mol. The van der Waals surface area contributed by atoms with E-state index in [0.717, 1.165) is 24.3 Å². The fraction of sp³-hybridized carbons (Fsp3) is 0.500. The van der Waals surface area contributed by atoms with Crippen LogP contribution in [0.4, 0.5) is 17.6 Å². The topological polar surface area (TPSA) is 0 Å². The van der Waals surface area contributed by atoms with Crippen molar-refractivity contribution < 1.29 is 17.6 Å². The van der Waals surface area contributed by atoms with Crippen molar-refractivity contribution in [2.45, 2.75) is 0 Å². The molecule has 12 heavy (non-hydrogen) atoms. The van der Waals surface area contributed by atoms with E-state index in [1.807, 2.05) is 0 Å². The molecule has 0 saturated heterocycles. The molecule has 0 rings (SSSR count). The number of halogens is 4. The second kappa shape index (κ2) is 16.7. The van der Waals surface area contributed by atoms with Crippen molar-refractivity contribution in [1.82, 2.24) is 0 Å². The maximum atomic E-state index is 10.9. The van der Waals surface area contributed by atoms with Gasteiger partial charge in [-0.1, -0.05) is 24.3 Å². The first kappa shape index (κ1) is 13.8. The molecule has 0 N–H and O–H groups in total. The average Bonchev–Trinajstić information content (AvgIpc) is 2.12. The largest absolute Gasteiger partial charge is 0.247 e. The molecular weight excluding hydrogens is 172 g/mol. The predicted octanol–water partition coefficient (Wildman–Crippen LogP) is 2.96. The quantitative estimate of drug-likeness (QED) is 0.465. The van der Waals surface area contributed by atoms with E-state index < -0.39 is 26.7 Å². The van der Waals surface area contributed by atoms with E-state index in [9.17, 15) is 17.6 Å². The van der Waals surface area contributed by atoms with E-state index in [2.05, 4.69) is 0 Å². The molecule has 0 bridgehead atoms. The number of allylic oxidation sites excluding steroid dienone is 4. The van der Waals surface area contributed by atoms with Crippen molar-refractivity contribution in [2.24, 2.45) is 0 Å². The molecular formula is C8H12F4. The van der Waals surface area contributed by atoms with Gasteiger partial charge in [0.25, 0.3) is 0 Å². The minimum atomic E-state index is -0.566. The van der Waals surface area contributed by atoms with Crippen molar-refractivity contribution in [3.05, 3.63) is 24.3 Å². The second-order valence-electron chi connectivity index (χ2n) is 1.56. The van der Waals surface area contributed by atoms with Gasteiger partial charge >= 0.3 is 0 Å². The van der Waals surface area contributed by atoms with Gasteiger partial charge in [0.15, 0.2) is 0 Å². The van der Waals surface area contributed by atoms with Crippen LogP contribution in [0.15, 0.2) is 24.3 Å². The Kier molecular flexibility index (Phi) is 19.1. The Morgan fingerprint density at radius 1 is 0.500 bits per heavy atom. The standard InChI is InChI=1S/2C4H6F2/c2*5-3-1-2-4-6/h2*1-2H,3-4H2. The number of hydrogen-bond acceptors (Lipinski definition) is 0.